The van der Waals surface area contributed by atoms with Crippen molar-refractivity contribution in [2.24, 2.45) is 0 Å². The van der Waals surface area contributed by atoms with Crippen LogP contribution >= 0.6 is 0 Å². The maximum absolute atomic E-state index is 5.65. The van der Waals surface area contributed by atoms with Crippen LogP contribution in [-0.4, -0.2) is 21.3 Å². The number of methoxy groups -OCH3 is 3. The molecule has 0 heterocycles. The van der Waals surface area contributed by atoms with E-state index in [1.165, 1.54) is 21.5 Å². The fraction of sp³-hybridized carbons (Fsp3) is 0.0968. The van der Waals surface area contributed by atoms with E-state index in [1.54, 1.807) is 21.3 Å². The third kappa shape index (κ3) is 4.08. The lowest BCUT2D eigenvalue weighted by molar-refractivity contribution is 0.324. The van der Waals surface area contributed by atoms with Gasteiger partial charge in [0, 0.05) is 0 Å². The van der Waals surface area contributed by atoms with Gasteiger partial charge in [-0.3, -0.25) is 0 Å². The summed E-state index contributed by atoms with van der Waals surface area (Å²) in [6.45, 7) is 0. The first-order chi connectivity index (χ1) is 16.7. The van der Waals surface area contributed by atoms with Crippen molar-refractivity contribution in [2.45, 2.75) is 0 Å². The normalized spacial score (nSPS) is 11.6. The SMILES string of the molecule is COc1cc(/C(=C/c2ccc3ccccc3c2)c2ccc3ccccc3c2)cc(OC)c1OC. The summed E-state index contributed by atoms with van der Waals surface area (Å²) >= 11 is 0. The highest BCUT2D eigenvalue weighted by atomic mass is 16.5. The minimum atomic E-state index is 0.581. The van der Waals surface area contributed by atoms with Gasteiger partial charge in [-0.15, -0.1) is 0 Å². The molecule has 0 unspecified atom stereocenters. The molecular formula is C31H26O3. The van der Waals surface area contributed by atoms with Gasteiger partial charge in [0.25, 0.3) is 0 Å². The van der Waals surface area contributed by atoms with E-state index < -0.39 is 0 Å². The van der Waals surface area contributed by atoms with Gasteiger partial charge in [0.1, 0.15) is 0 Å². The lowest BCUT2D eigenvalue weighted by Gasteiger charge is -2.17. The fourth-order valence-corrected chi connectivity index (χ4v) is 4.39. The fourth-order valence-electron chi connectivity index (χ4n) is 4.39. The molecule has 0 N–H and O–H groups in total. The highest BCUT2D eigenvalue weighted by Gasteiger charge is 2.16. The summed E-state index contributed by atoms with van der Waals surface area (Å²) in [6, 6.07) is 33.9. The van der Waals surface area contributed by atoms with Gasteiger partial charge >= 0.3 is 0 Å². The van der Waals surface area contributed by atoms with Crippen molar-refractivity contribution in [1.82, 2.24) is 0 Å². The minimum Gasteiger partial charge on any atom is -0.493 e. The van der Waals surface area contributed by atoms with Gasteiger partial charge in [0.05, 0.1) is 21.3 Å². The molecule has 5 aromatic rings. The number of benzene rings is 5. The van der Waals surface area contributed by atoms with Crippen LogP contribution in [0.15, 0.2) is 97.1 Å². The monoisotopic (exact) mass is 446 g/mol. The zero-order valence-electron chi connectivity index (χ0n) is 19.5. The predicted octanol–water partition coefficient (Wildman–Crippen LogP) is 7.61. The maximum atomic E-state index is 5.65. The molecule has 0 aliphatic carbocycles. The Morgan fingerprint density at radius 3 is 1.68 bits per heavy atom. The summed E-state index contributed by atoms with van der Waals surface area (Å²) < 4.78 is 16.9. The molecule has 3 heteroatoms. The summed E-state index contributed by atoms with van der Waals surface area (Å²) in [5.74, 6) is 1.83. The van der Waals surface area contributed by atoms with Crippen LogP contribution in [-0.2, 0) is 0 Å². The molecule has 5 aromatic carbocycles. The van der Waals surface area contributed by atoms with Gasteiger partial charge in [0.15, 0.2) is 11.5 Å². The van der Waals surface area contributed by atoms with Crippen LogP contribution in [0.25, 0.3) is 33.2 Å². The first kappa shape index (κ1) is 21.6. The van der Waals surface area contributed by atoms with Crippen molar-refractivity contribution in [2.75, 3.05) is 21.3 Å². The maximum Gasteiger partial charge on any atom is 0.203 e. The zero-order chi connectivity index (χ0) is 23.5. The number of ether oxygens (including phenoxy) is 3. The Kier molecular flexibility index (Phi) is 5.92. The van der Waals surface area contributed by atoms with E-state index >= 15 is 0 Å². The van der Waals surface area contributed by atoms with Crippen LogP contribution in [0.2, 0.25) is 0 Å². The smallest absolute Gasteiger partial charge is 0.203 e. The highest BCUT2D eigenvalue weighted by molar-refractivity contribution is 5.97. The van der Waals surface area contributed by atoms with E-state index in [0.29, 0.717) is 17.2 Å². The second-order valence-corrected chi connectivity index (χ2v) is 8.14. The average molecular weight is 447 g/mol. The number of fused-ring (bicyclic) bond motifs is 2. The molecule has 5 rings (SSSR count). The average Bonchev–Trinajstić information content (AvgIpc) is 2.90. The molecule has 0 spiro atoms. The second-order valence-electron chi connectivity index (χ2n) is 8.14. The van der Waals surface area contributed by atoms with E-state index in [0.717, 1.165) is 22.3 Å². The second kappa shape index (κ2) is 9.32. The summed E-state index contributed by atoms with van der Waals surface area (Å²) in [6.07, 6.45) is 2.22. The summed E-state index contributed by atoms with van der Waals surface area (Å²) in [5, 5.41) is 4.83. The molecule has 0 aliphatic heterocycles. The first-order valence-electron chi connectivity index (χ1n) is 11.2. The molecular weight excluding hydrogens is 420 g/mol. The van der Waals surface area contributed by atoms with Crippen molar-refractivity contribution >= 4 is 33.2 Å². The van der Waals surface area contributed by atoms with Crippen molar-refractivity contribution in [3.63, 3.8) is 0 Å². The molecule has 0 radical (unpaired) electrons. The number of rotatable bonds is 6. The quantitative estimate of drug-likeness (QED) is 0.251. The van der Waals surface area contributed by atoms with Crippen LogP contribution in [0.5, 0.6) is 17.2 Å². The van der Waals surface area contributed by atoms with Crippen molar-refractivity contribution in [3.8, 4) is 17.2 Å². The molecule has 0 amide bonds. The standard InChI is InChI=1S/C31H26O3/c1-32-29-19-27(20-30(33-2)31(29)34-3)28(26-15-14-23-9-5-7-11-25(23)18-26)17-21-12-13-22-8-4-6-10-24(22)16-21/h4-20H,1-3H3/b28-17+. The van der Waals surface area contributed by atoms with Gasteiger partial charge in [-0.1, -0.05) is 72.8 Å². The summed E-state index contributed by atoms with van der Waals surface area (Å²) in [5.41, 5.74) is 4.29. The minimum absolute atomic E-state index is 0.581. The van der Waals surface area contributed by atoms with Crippen molar-refractivity contribution < 1.29 is 14.2 Å². The van der Waals surface area contributed by atoms with Crippen molar-refractivity contribution in [3.05, 3.63) is 114 Å². The lowest BCUT2D eigenvalue weighted by Crippen LogP contribution is -1.98. The molecule has 0 fully saturated rings. The summed E-state index contributed by atoms with van der Waals surface area (Å²) in [4.78, 5) is 0. The molecule has 0 aromatic heterocycles. The van der Waals surface area contributed by atoms with Gasteiger partial charge in [-0.25, -0.2) is 0 Å². The molecule has 3 nitrogen and oxygen atoms in total. The Hall–Kier alpha value is -4.24. The molecule has 168 valence electrons. The van der Waals surface area contributed by atoms with Gasteiger partial charge in [0.2, 0.25) is 5.75 Å². The van der Waals surface area contributed by atoms with Crippen LogP contribution in [0, 0.1) is 0 Å². The van der Waals surface area contributed by atoms with Crippen LogP contribution in [0.3, 0.4) is 0 Å². The Balaban J connectivity index is 1.74. The zero-order valence-corrected chi connectivity index (χ0v) is 19.5. The largest absolute Gasteiger partial charge is 0.493 e. The van der Waals surface area contributed by atoms with Gasteiger partial charge in [-0.05, 0) is 74.1 Å². The Labute approximate surface area is 199 Å². The van der Waals surface area contributed by atoms with E-state index in [4.69, 9.17) is 14.2 Å². The van der Waals surface area contributed by atoms with E-state index in [9.17, 15) is 0 Å². The third-order valence-corrected chi connectivity index (χ3v) is 6.12. The lowest BCUT2D eigenvalue weighted by atomic mass is 9.93. The molecule has 0 saturated heterocycles. The Bertz CT molecular complexity index is 1490. The predicted molar refractivity (Wildman–Crippen MR) is 141 cm³/mol. The van der Waals surface area contributed by atoms with E-state index in [-0.39, 0.29) is 0 Å². The topological polar surface area (TPSA) is 27.7 Å². The molecule has 0 saturated carbocycles. The third-order valence-electron chi connectivity index (χ3n) is 6.12. The van der Waals surface area contributed by atoms with Crippen LogP contribution in [0.1, 0.15) is 16.7 Å². The Morgan fingerprint density at radius 2 is 1.09 bits per heavy atom. The van der Waals surface area contributed by atoms with E-state index in [1.807, 2.05) is 12.1 Å². The molecule has 0 aliphatic rings. The van der Waals surface area contributed by atoms with E-state index in [2.05, 4.69) is 91.0 Å². The van der Waals surface area contributed by atoms with Crippen molar-refractivity contribution in [1.29, 1.82) is 0 Å². The number of hydrogen-bond donors (Lipinski definition) is 0. The Morgan fingerprint density at radius 1 is 0.529 bits per heavy atom. The molecule has 0 bridgehead atoms. The van der Waals surface area contributed by atoms with Crippen LogP contribution in [0.4, 0.5) is 0 Å². The van der Waals surface area contributed by atoms with Gasteiger partial charge in [-0.2, -0.15) is 0 Å². The van der Waals surface area contributed by atoms with Gasteiger partial charge < -0.3 is 14.2 Å². The molecule has 34 heavy (non-hydrogen) atoms. The summed E-state index contributed by atoms with van der Waals surface area (Å²) in [7, 11) is 4.91. The van der Waals surface area contributed by atoms with Crippen LogP contribution < -0.4 is 14.2 Å². The first-order valence-corrected chi connectivity index (χ1v) is 11.2. The number of hydrogen-bond acceptors (Lipinski definition) is 3. The highest BCUT2D eigenvalue weighted by Crippen LogP contribution is 2.42. The molecule has 0 atom stereocenters.